The number of ether oxygens (including phenoxy) is 1. The number of aromatic carboxylic acids is 1. The lowest BCUT2D eigenvalue weighted by Crippen LogP contribution is -1.96. The third-order valence-electron chi connectivity index (χ3n) is 2.62. The van der Waals surface area contributed by atoms with Crippen molar-refractivity contribution in [3.63, 3.8) is 0 Å². The zero-order valence-electron chi connectivity index (χ0n) is 10.3. The number of nitrogens with two attached hydrogens (primary N) is 1. The molecule has 20 heavy (non-hydrogen) atoms. The zero-order valence-corrected chi connectivity index (χ0v) is 11.1. The highest BCUT2D eigenvalue weighted by Crippen LogP contribution is 2.39. The summed E-state index contributed by atoms with van der Waals surface area (Å²) >= 11 is 0.990. The van der Waals surface area contributed by atoms with Gasteiger partial charge < -0.3 is 15.6 Å². The van der Waals surface area contributed by atoms with E-state index in [1.807, 2.05) is 0 Å². The Morgan fingerprint density at radius 2 is 2.15 bits per heavy atom. The molecule has 8 heteroatoms. The summed E-state index contributed by atoms with van der Waals surface area (Å²) in [4.78, 5) is 21.8. The van der Waals surface area contributed by atoms with Crippen LogP contribution in [0.2, 0.25) is 0 Å². The molecule has 0 radical (unpaired) electrons. The normalized spacial score (nSPS) is 10.2. The van der Waals surface area contributed by atoms with Gasteiger partial charge in [0, 0.05) is 16.5 Å². The summed E-state index contributed by atoms with van der Waals surface area (Å²) in [5.74, 6) is -0.822. The van der Waals surface area contributed by atoms with Crippen molar-refractivity contribution in [2.24, 2.45) is 0 Å². The second-order valence-electron chi connectivity index (χ2n) is 3.84. The van der Waals surface area contributed by atoms with Gasteiger partial charge in [-0.3, -0.25) is 10.1 Å². The first-order chi connectivity index (χ1) is 9.43. The minimum Gasteiger partial charge on any atom is -0.496 e. The van der Waals surface area contributed by atoms with Crippen LogP contribution >= 0.6 is 11.3 Å². The van der Waals surface area contributed by atoms with Crippen LogP contribution < -0.4 is 10.5 Å². The van der Waals surface area contributed by atoms with E-state index in [9.17, 15) is 14.9 Å². The average Bonchev–Trinajstić information content (AvgIpc) is 2.80. The summed E-state index contributed by atoms with van der Waals surface area (Å²) in [6.45, 7) is 0. The number of rotatable bonds is 4. The van der Waals surface area contributed by atoms with Gasteiger partial charge in [0.2, 0.25) is 0 Å². The quantitative estimate of drug-likeness (QED) is 0.661. The molecule has 0 saturated heterocycles. The molecule has 7 nitrogen and oxygen atoms in total. The van der Waals surface area contributed by atoms with Crippen LogP contribution in [-0.2, 0) is 0 Å². The molecule has 2 aromatic rings. The van der Waals surface area contributed by atoms with Gasteiger partial charge in [-0.1, -0.05) is 0 Å². The molecule has 1 heterocycles. The van der Waals surface area contributed by atoms with Gasteiger partial charge in [0.05, 0.1) is 23.8 Å². The molecule has 1 aromatic carbocycles. The molecule has 0 atom stereocenters. The Kier molecular flexibility index (Phi) is 3.57. The molecule has 0 amide bonds. The Morgan fingerprint density at radius 1 is 1.45 bits per heavy atom. The molecular weight excluding hydrogens is 284 g/mol. The smallest absolute Gasteiger partial charge is 0.348 e. The molecule has 0 fully saturated rings. The van der Waals surface area contributed by atoms with Crippen LogP contribution in [-0.4, -0.2) is 23.1 Å². The fourth-order valence-electron chi connectivity index (χ4n) is 1.70. The van der Waals surface area contributed by atoms with E-state index in [1.54, 1.807) is 0 Å². The topological polar surface area (TPSA) is 116 Å². The summed E-state index contributed by atoms with van der Waals surface area (Å²) in [5.41, 5.74) is 6.24. The molecule has 0 spiro atoms. The van der Waals surface area contributed by atoms with Gasteiger partial charge in [0.15, 0.2) is 0 Å². The fourth-order valence-corrected chi connectivity index (χ4v) is 2.65. The van der Waals surface area contributed by atoms with Crippen molar-refractivity contribution >= 4 is 28.7 Å². The first-order valence-electron chi connectivity index (χ1n) is 5.39. The van der Waals surface area contributed by atoms with Crippen LogP contribution in [0.15, 0.2) is 24.3 Å². The number of nitro benzene ring substituents is 1. The lowest BCUT2D eigenvalue weighted by molar-refractivity contribution is -0.384. The third kappa shape index (κ3) is 2.41. The number of nitrogen functional groups attached to an aromatic ring is 1. The van der Waals surface area contributed by atoms with Gasteiger partial charge >= 0.3 is 5.97 Å². The molecule has 104 valence electrons. The van der Waals surface area contributed by atoms with Gasteiger partial charge in [-0.2, -0.15) is 0 Å². The molecule has 0 bridgehead atoms. The molecule has 3 N–H and O–H groups in total. The first-order valence-corrected chi connectivity index (χ1v) is 6.21. The van der Waals surface area contributed by atoms with Crippen molar-refractivity contribution in [3.05, 3.63) is 39.3 Å². The summed E-state index contributed by atoms with van der Waals surface area (Å²) in [6.07, 6.45) is 0. The number of thiophene rings is 1. The van der Waals surface area contributed by atoms with Crippen LogP contribution in [0.4, 0.5) is 11.4 Å². The first kappa shape index (κ1) is 13.8. The molecule has 0 aliphatic carbocycles. The van der Waals surface area contributed by atoms with Crippen LogP contribution in [0.25, 0.3) is 10.4 Å². The van der Waals surface area contributed by atoms with Crippen molar-refractivity contribution < 1.29 is 19.6 Å². The highest BCUT2D eigenvalue weighted by Gasteiger charge is 2.18. The van der Waals surface area contributed by atoms with Gasteiger partial charge in [-0.05, 0) is 12.1 Å². The van der Waals surface area contributed by atoms with Gasteiger partial charge in [-0.25, -0.2) is 4.79 Å². The molecule has 1 aromatic heterocycles. The maximum absolute atomic E-state index is 11.0. The number of nitro groups is 1. The van der Waals surface area contributed by atoms with E-state index in [0.717, 1.165) is 11.3 Å². The Balaban J connectivity index is 2.55. The number of hydrogen-bond acceptors (Lipinski definition) is 6. The lowest BCUT2D eigenvalue weighted by atomic mass is 10.1. The molecule has 2 rings (SSSR count). The van der Waals surface area contributed by atoms with E-state index in [2.05, 4.69) is 0 Å². The van der Waals surface area contributed by atoms with E-state index >= 15 is 0 Å². The Hall–Kier alpha value is -2.61. The van der Waals surface area contributed by atoms with Gasteiger partial charge in [0.25, 0.3) is 5.69 Å². The summed E-state index contributed by atoms with van der Waals surface area (Å²) < 4.78 is 5.11. The fraction of sp³-hybridized carbons (Fsp3) is 0.0833. The van der Waals surface area contributed by atoms with Crippen molar-refractivity contribution in [3.8, 4) is 16.2 Å². The number of nitrogens with zero attached hydrogens (tertiary/aromatic N) is 1. The number of carboxylic acid groups (broad SMARTS) is 1. The van der Waals surface area contributed by atoms with Crippen molar-refractivity contribution in [2.75, 3.05) is 12.8 Å². The highest BCUT2D eigenvalue weighted by atomic mass is 32.1. The number of hydrogen-bond donors (Lipinski definition) is 2. The van der Waals surface area contributed by atoms with Crippen LogP contribution in [0.3, 0.4) is 0 Å². The Bertz CT molecular complexity index is 695. The van der Waals surface area contributed by atoms with Gasteiger partial charge in [0.1, 0.15) is 10.6 Å². The SMILES string of the molecule is COc1cc([N+](=O)[O-])ccc1-c1cc(N)c(C(=O)O)s1. The Labute approximate surface area is 117 Å². The second kappa shape index (κ2) is 5.17. The average molecular weight is 294 g/mol. The van der Waals surface area contributed by atoms with Crippen LogP contribution in [0.5, 0.6) is 5.75 Å². The highest BCUT2D eigenvalue weighted by molar-refractivity contribution is 7.18. The third-order valence-corrected chi connectivity index (χ3v) is 3.79. The number of carbonyl (C=O) groups is 1. The number of anilines is 1. The maximum Gasteiger partial charge on any atom is 0.348 e. The zero-order chi connectivity index (χ0) is 14.9. The van der Waals surface area contributed by atoms with Crippen molar-refractivity contribution in [1.82, 2.24) is 0 Å². The monoisotopic (exact) mass is 294 g/mol. The lowest BCUT2D eigenvalue weighted by Gasteiger charge is -2.06. The van der Waals surface area contributed by atoms with E-state index in [0.29, 0.717) is 10.4 Å². The van der Waals surface area contributed by atoms with Gasteiger partial charge in [-0.15, -0.1) is 11.3 Å². The van der Waals surface area contributed by atoms with E-state index in [4.69, 9.17) is 15.6 Å². The predicted octanol–water partition coefficient (Wildman–Crippen LogP) is 2.61. The van der Waals surface area contributed by atoms with E-state index < -0.39 is 10.9 Å². The van der Waals surface area contributed by atoms with E-state index in [-0.39, 0.29) is 22.0 Å². The summed E-state index contributed by atoms with van der Waals surface area (Å²) in [5, 5.41) is 19.7. The largest absolute Gasteiger partial charge is 0.496 e. The summed E-state index contributed by atoms with van der Waals surface area (Å²) in [6, 6.07) is 5.63. The Morgan fingerprint density at radius 3 is 2.65 bits per heavy atom. The van der Waals surface area contributed by atoms with E-state index in [1.165, 1.54) is 31.4 Å². The maximum atomic E-state index is 11.0. The minimum atomic E-state index is -1.11. The number of non-ortho nitro benzene ring substituents is 1. The second-order valence-corrected chi connectivity index (χ2v) is 4.89. The molecule has 0 saturated carbocycles. The number of carboxylic acids is 1. The van der Waals surface area contributed by atoms with Crippen molar-refractivity contribution in [2.45, 2.75) is 0 Å². The summed E-state index contributed by atoms with van der Waals surface area (Å²) in [7, 11) is 1.39. The molecule has 0 aliphatic heterocycles. The van der Waals surface area contributed by atoms with Crippen LogP contribution in [0, 0.1) is 10.1 Å². The predicted molar refractivity (Wildman–Crippen MR) is 74.3 cm³/mol. The van der Waals surface area contributed by atoms with Crippen LogP contribution in [0.1, 0.15) is 9.67 Å². The molecule has 0 aliphatic rings. The number of methoxy groups -OCH3 is 1. The van der Waals surface area contributed by atoms with Crippen molar-refractivity contribution in [1.29, 1.82) is 0 Å². The molecule has 0 unspecified atom stereocenters. The standard InChI is InChI=1S/C12H10N2O5S/c1-19-9-4-6(14(17)18)2-3-7(9)10-5-8(13)11(20-10)12(15)16/h2-5H,13H2,1H3,(H,15,16). The minimum absolute atomic E-state index is 0.0282. The molecular formula is C12H10N2O5S. The number of benzene rings is 1.